The lowest BCUT2D eigenvalue weighted by Crippen LogP contribution is -2.39. The van der Waals surface area contributed by atoms with E-state index in [1.165, 1.54) is 19.2 Å². The number of carbonyl (C=O) groups is 1. The van der Waals surface area contributed by atoms with Crippen LogP contribution in [0.1, 0.15) is 19.3 Å². The zero-order chi connectivity index (χ0) is 16.4. The van der Waals surface area contributed by atoms with Crippen LogP contribution in [0.5, 0.6) is 11.5 Å². The molecule has 0 atom stereocenters. The fraction of sp³-hybridized carbons (Fsp3) is 0.533. The van der Waals surface area contributed by atoms with Crippen molar-refractivity contribution in [2.75, 3.05) is 26.8 Å². The highest BCUT2D eigenvalue weighted by molar-refractivity contribution is 7.89. The number of sulfonamides is 1. The molecule has 0 saturated heterocycles. The summed E-state index contributed by atoms with van der Waals surface area (Å²) in [6.45, 7) is 0.823. The SMILES string of the molecule is CN(CC(=O)NC1CC1)S(=O)(=O)c1ccc2c(c1)OCCCO2. The van der Waals surface area contributed by atoms with Crippen molar-refractivity contribution < 1.29 is 22.7 Å². The Morgan fingerprint density at radius 1 is 1.26 bits per heavy atom. The summed E-state index contributed by atoms with van der Waals surface area (Å²) < 4.78 is 37.2. The van der Waals surface area contributed by atoms with Gasteiger partial charge in [-0.2, -0.15) is 4.31 Å². The molecule has 23 heavy (non-hydrogen) atoms. The second-order valence-corrected chi connectivity index (χ2v) is 7.81. The van der Waals surface area contributed by atoms with Gasteiger partial charge in [-0.05, 0) is 25.0 Å². The Balaban J connectivity index is 1.75. The molecule has 1 heterocycles. The van der Waals surface area contributed by atoms with E-state index in [2.05, 4.69) is 5.32 Å². The van der Waals surface area contributed by atoms with E-state index in [0.717, 1.165) is 23.6 Å². The van der Waals surface area contributed by atoms with Crippen LogP contribution >= 0.6 is 0 Å². The maximum absolute atomic E-state index is 12.6. The van der Waals surface area contributed by atoms with Crippen molar-refractivity contribution in [3.63, 3.8) is 0 Å². The second kappa shape index (κ2) is 6.37. The summed E-state index contributed by atoms with van der Waals surface area (Å²) in [5, 5.41) is 2.78. The molecule has 1 aliphatic carbocycles. The fourth-order valence-electron chi connectivity index (χ4n) is 2.27. The van der Waals surface area contributed by atoms with Crippen molar-refractivity contribution >= 4 is 15.9 Å². The van der Waals surface area contributed by atoms with Crippen LogP contribution in [0.4, 0.5) is 0 Å². The topological polar surface area (TPSA) is 84.9 Å². The number of amides is 1. The number of carbonyl (C=O) groups excluding carboxylic acids is 1. The molecule has 1 N–H and O–H groups in total. The van der Waals surface area contributed by atoms with Crippen molar-refractivity contribution in [3.05, 3.63) is 18.2 Å². The van der Waals surface area contributed by atoms with Crippen LogP contribution in [0, 0.1) is 0 Å². The molecule has 0 aromatic heterocycles. The number of nitrogens with zero attached hydrogens (tertiary/aromatic N) is 1. The number of hydrogen-bond acceptors (Lipinski definition) is 5. The Kier molecular flexibility index (Phi) is 4.45. The van der Waals surface area contributed by atoms with E-state index in [-0.39, 0.29) is 23.4 Å². The molecule has 7 nitrogen and oxygen atoms in total. The van der Waals surface area contributed by atoms with Crippen molar-refractivity contribution in [2.24, 2.45) is 0 Å². The van der Waals surface area contributed by atoms with Gasteiger partial charge >= 0.3 is 0 Å². The molecule has 1 aromatic carbocycles. The lowest BCUT2D eigenvalue weighted by Gasteiger charge is -2.18. The minimum Gasteiger partial charge on any atom is -0.490 e. The summed E-state index contributed by atoms with van der Waals surface area (Å²) in [5.41, 5.74) is 0. The quantitative estimate of drug-likeness (QED) is 0.855. The summed E-state index contributed by atoms with van der Waals surface area (Å²) in [5.74, 6) is 0.669. The van der Waals surface area contributed by atoms with E-state index in [9.17, 15) is 13.2 Å². The largest absolute Gasteiger partial charge is 0.490 e. The van der Waals surface area contributed by atoms with E-state index in [1.807, 2.05) is 0 Å². The highest BCUT2D eigenvalue weighted by atomic mass is 32.2. The standard InChI is InChI=1S/C15H20N2O5S/c1-17(10-15(18)16-11-3-4-11)23(19,20)12-5-6-13-14(9-12)22-8-2-7-21-13/h5-6,9,11H,2-4,7-8,10H2,1H3,(H,16,18). The molecule has 1 fully saturated rings. The molecule has 0 radical (unpaired) electrons. The molecule has 1 saturated carbocycles. The van der Waals surface area contributed by atoms with Crippen LogP contribution in [0.15, 0.2) is 23.1 Å². The predicted molar refractivity (Wildman–Crippen MR) is 83.0 cm³/mol. The van der Waals surface area contributed by atoms with E-state index in [4.69, 9.17) is 9.47 Å². The Morgan fingerprint density at radius 3 is 2.65 bits per heavy atom. The van der Waals surface area contributed by atoms with Crippen LogP contribution in [0.3, 0.4) is 0 Å². The van der Waals surface area contributed by atoms with Gasteiger partial charge in [0.25, 0.3) is 0 Å². The van der Waals surface area contributed by atoms with Gasteiger partial charge in [-0.25, -0.2) is 8.42 Å². The summed E-state index contributed by atoms with van der Waals surface area (Å²) in [6, 6.07) is 4.71. The van der Waals surface area contributed by atoms with Crippen LogP contribution < -0.4 is 14.8 Å². The van der Waals surface area contributed by atoms with Gasteiger partial charge in [-0.1, -0.05) is 0 Å². The van der Waals surface area contributed by atoms with Gasteiger partial charge in [0.05, 0.1) is 24.7 Å². The summed E-state index contributed by atoms with van der Waals surface area (Å²) in [4.78, 5) is 11.9. The Hall–Kier alpha value is -1.80. The molecule has 3 rings (SSSR count). The van der Waals surface area contributed by atoms with Gasteiger partial charge in [0.2, 0.25) is 15.9 Å². The number of hydrogen-bond donors (Lipinski definition) is 1. The zero-order valence-corrected chi connectivity index (χ0v) is 13.8. The molecule has 1 aromatic rings. The van der Waals surface area contributed by atoms with Gasteiger partial charge in [0.15, 0.2) is 11.5 Å². The number of ether oxygens (including phenoxy) is 2. The van der Waals surface area contributed by atoms with E-state index in [1.54, 1.807) is 6.07 Å². The van der Waals surface area contributed by atoms with Crippen LogP contribution in [-0.4, -0.2) is 51.5 Å². The Morgan fingerprint density at radius 2 is 1.96 bits per heavy atom. The Labute approximate surface area is 135 Å². The van der Waals surface area contributed by atoms with Crippen LogP contribution in [-0.2, 0) is 14.8 Å². The molecule has 1 amide bonds. The smallest absolute Gasteiger partial charge is 0.243 e. The average molecular weight is 340 g/mol. The predicted octanol–water partition coefficient (Wildman–Crippen LogP) is 0.747. The molecule has 1 aliphatic heterocycles. The molecular formula is C15H20N2O5S. The molecular weight excluding hydrogens is 320 g/mol. The fourth-order valence-corrected chi connectivity index (χ4v) is 3.42. The number of benzene rings is 1. The van der Waals surface area contributed by atoms with E-state index >= 15 is 0 Å². The molecule has 126 valence electrons. The van der Waals surface area contributed by atoms with Gasteiger partial charge in [0.1, 0.15) is 0 Å². The molecule has 8 heteroatoms. The van der Waals surface area contributed by atoms with E-state index in [0.29, 0.717) is 24.7 Å². The van der Waals surface area contributed by atoms with Crippen molar-refractivity contribution in [3.8, 4) is 11.5 Å². The van der Waals surface area contributed by atoms with Crippen molar-refractivity contribution in [2.45, 2.75) is 30.2 Å². The molecule has 0 spiro atoms. The third-order valence-corrected chi connectivity index (χ3v) is 5.54. The molecule has 0 unspecified atom stereocenters. The minimum absolute atomic E-state index is 0.0865. The summed E-state index contributed by atoms with van der Waals surface area (Å²) in [6.07, 6.45) is 2.67. The Bertz CT molecular complexity index is 700. The van der Waals surface area contributed by atoms with E-state index < -0.39 is 10.0 Å². The lowest BCUT2D eigenvalue weighted by molar-refractivity contribution is -0.121. The first kappa shape index (κ1) is 16.1. The number of likely N-dealkylation sites (N-methyl/N-ethyl adjacent to an activating group) is 1. The molecule has 2 aliphatic rings. The third-order valence-electron chi connectivity index (χ3n) is 3.74. The number of nitrogens with one attached hydrogen (secondary N) is 1. The summed E-state index contributed by atoms with van der Waals surface area (Å²) in [7, 11) is -2.36. The first-order chi connectivity index (χ1) is 11.0. The first-order valence-corrected chi connectivity index (χ1v) is 9.06. The third kappa shape index (κ3) is 3.76. The van der Waals surface area contributed by atoms with Crippen LogP contribution in [0.25, 0.3) is 0 Å². The zero-order valence-electron chi connectivity index (χ0n) is 12.9. The maximum Gasteiger partial charge on any atom is 0.243 e. The van der Waals surface area contributed by atoms with Crippen molar-refractivity contribution in [1.29, 1.82) is 0 Å². The normalized spacial score (nSPS) is 17.7. The first-order valence-electron chi connectivity index (χ1n) is 7.62. The van der Waals surface area contributed by atoms with Crippen molar-refractivity contribution in [1.82, 2.24) is 9.62 Å². The monoisotopic (exact) mass is 340 g/mol. The highest BCUT2D eigenvalue weighted by Crippen LogP contribution is 2.32. The lowest BCUT2D eigenvalue weighted by atomic mass is 10.3. The maximum atomic E-state index is 12.6. The van der Waals surface area contributed by atoms with Gasteiger partial charge in [-0.15, -0.1) is 0 Å². The highest BCUT2D eigenvalue weighted by Gasteiger charge is 2.28. The van der Waals surface area contributed by atoms with Gasteiger partial charge < -0.3 is 14.8 Å². The van der Waals surface area contributed by atoms with Gasteiger partial charge in [-0.3, -0.25) is 4.79 Å². The summed E-state index contributed by atoms with van der Waals surface area (Å²) >= 11 is 0. The molecule has 0 bridgehead atoms. The minimum atomic E-state index is -3.76. The number of rotatable bonds is 5. The number of fused-ring (bicyclic) bond motifs is 1. The van der Waals surface area contributed by atoms with Gasteiger partial charge in [0, 0.05) is 25.6 Å². The second-order valence-electron chi connectivity index (χ2n) is 5.76. The average Bonchev–Trinajstić information content (AvgIpc) is 3.32. The van der Waals surface area contributed by atoms with Crippen LogP contribution in [0.2, 0.25) is 0 Å².